The number of rotatable bonds is 17. The molecule has 2 heterocycles. The first kappa shape index (κ1) is 78.9. The predicted octanol–water partition coefficient (Wildman–Crippen LogP) is 16.6. The minimum absolute atomic E-state index is 0.0131. The van der Waals surface area contributed by atoms with Crippen molar-refractivity contribution >= 4 is 29.5 Å². The van der Waals surface area contributed by atoms with Crippen LogP contribution < -0.4 is 16.4 Å². The molecule has 6 saturated carbocycles. The van der Waals surface area contributed by atoms with E-state index in [9.17, 15) is 34.2 Å². The summed E-state index contributed by atoms with van der Waals surface area (Å²) in [5.74, 6) is 3.45. The Labute approximate surface area is 585 Å². The first-order valence-corrected chi connectivity index (χ1v) is 39.2. The Morgan fingerprint density at radius 2 is 1.07 bits per heavy atom. The van der Waals surface area contributed by atoms with Gasteiger partial charge in [-0.2, -0.15) is 0 Å². The van der Waals surface area contributed by atoms with E-state index in [4.69, 9.17) is 34.2 Å². The number of ketones is 3. The minimum atomic E-state index is -0.433. The number of hydrogen-bond donors (Lipinski definition) is 5. The number of nitrogens with one attached hydrogen (secondary N) is 2. The van der Waals surface area contributed by atoms with Crippen LogP contribution in [-0.4, -0.2) is 122 Å². The lowest BCUT2D eigenvalue weighted by atomic mass is 9.52. The number of fused-ring (bicyclic) bond motifs is 7. The molecular weight excluding hydrogens is 1220 g/mol. The summed E-state index contributed by atoms with van der Waals surface area (Å²) in [4.78, 5) is 58.4. The number of Topliss-reactive ketones (excluding diaryl/α,β-unsaturated/α-hetero) is 1. The van der Waals surface area contributed by atoms with E-state index >= 15 is 0 Å². The fraction of sp³-hybridized carbons (Fsp3) is 0.840. The standard InChI is InChI=1S/C22H39NO2.C20H36N2O2.C15H26O4.C13H18O3.C11H14O2/c1-5-6-7-8-9-10-15-23-21(24)25-20-13-14-22(4)18(3)17(2)11-12-19(22)16-20;1-15-8-9-17-14-18(10-11-20(17,3)16(15)2)24-19(23)22-13-7-5-4-6-12-21;1-14-7-4-13(17)11(5-8-16)12(14)3-2-6-15(14)18-9-10-19-15;1-12-6-4-11(14)9-10(12)3-2-5-13(12)15-7-8-16-13;1-11-6-5-9(12)7-8(11)3-2-4-10(11)13/h12,17-18,20H,5-11,13-16H2,1-4H3,(H,23,24);9,15-16,18H,4-8,10-14,21H2,1-3H3,(H,22,23);11-13,16-17H,2-10H2,1H3;9H,2-8H2,1H3;7H,2-6H2,1H3/t17?,18?,20-,22+;15?,16?,18-,20+;11-,12-,13?,14-;12-;11-/m00000/s1. The van der Waals surface area contributed by atoms with Crippen LogP contribution in [0.2, 0.25) is 0 Å². The van der Waals surface area contributed by atoms with Crippen molar-refractivity contribution < 1.29 is 62.6 Å². The second-order valence-corrected chi connectivity index (χ2v) is 32.8. The molecule has 550 valence electrons. The summed E-state index contributed by atoms with van der Waals surface area (Å²) in [5.41, 5.74) is 11.1. The number of allylic oxidation sites excluding steroid dienone is 5. The largest absolute Gasteiger partial charge is 0.446 e. The number of amides is 2. The molecule has 8 fully saturated rings. The fourth-order valence-electron chi connectivity index (χ4n) is 19.6. The molecule has 2 saturated heterocycles. The highest BCUT2D eigenvalue weighted by Crippen LogP contribution is 2.61. The third-order valence-electron chi connectivity index (χ3n) is 27.0. The number of ether oxygens (including phenoxy) is 6. The van der Waals surface area contributed by atoms with Crippen LogP contribution in [-0.2, 0) is 42.8 Å². The molecule has 12 rings (SSSR count). The van der Waals surface area contributed by atoms with Crippen LogP contribution in [0.4, 0.5) is 9.59 Å². The van der Waals surface area contributed by atoms with E-state index < -0.39 is 11.6 Å². The highest BCUT2D eigenvalue weighted by molar-refractivity contribution is 5.97. The normalized spacial score (nSPS) is 35.9. The van der Waals surface area contributed by atoms with E-state index in [1.54, 1.807) is 6.08 Å². The van der Waals surface area contributed by atoms with Crippen molar-refractivity contribution in [1.82, 2.24) is 10.6 Å². The molecule has 0 aromatic heterocycles. The summed E-state index contributed by atoms with van der Waals surface area (Å²) in [5, 5.41) is 25.4. The molecule has 0 bridgehead atoms. The zero-order valence-corrected chi connectivity index (χ0v) is 62.2. The summed E-state index contributed by atoms with van der Waals surface area (Å²) in [6, 6.07) is 0. The number of unbranched alkanes of at least 4 members (excludes halogenated alkanes) is 8. The van der Waals surface area contributed by atoms with Gasteiger partial charge in [0.05, 0.1) is 32.5 Å². The van der Waals surface area contributed by atoms with Crippen molar-refractivity contribution in [3.05, 3.63) is 46.6 Å². The van der Waals surface area contributed by atoms with E-state index in [1.807, 2.05) is 13.0 Å². The maximum absolute atomic E-state index is 12.0. The van der Waals surface area contributed by atoms with Gasteiger partial charge in [0.15, 0.2) is 23.1 Å². The lowest BCUT2D eigenvalue weighted by Crippen LogP contribution is -2.60. The van der Waals surface area contributed by atoms with Crippen LogP contribution in [0, 0.1) is 62.6 Å². The van der Waals surface area contributed by atoms with Crippen LogP contribution in [0.5, 0.6) is 0 Å². The van der Waals surface area contributed by atoms with Crippen LogP contribution in [0.3, 0.4) is 0 Å². The van der Waals surface area contributed by atoms with Gasteiger partial charge in [0, 0.05) is 80.9 Å². The fourth-order valence-corrected chi connectivity index (χ4v) is 19.6. The molecule has 12 aliphatic rings. The van der Waals surface area contributed by atoms with Gasteiger partial charge >= 0.3 is 12.2 Å². The first-order chi connectivity index (χ1) is 46.4. The molecule has 0 aromatic carbocycles. The van der Waals surface area contributed by atoms with Gasteiger partial charge in [-0.3, -0.25) is 14.4 Å². The van der Waals surface area contributed by atoms with E-state index in [-0.39, 0.29) is 70.8 Å². The Kier molecular flexibility index (Phi) is 29.2. The predicted molar refractivity (Wildman–Crippen MR) is 382 cm³/mol. The number of aliphatic hydroxyl groups is 2. The maximum Gasteiger partial charge on any atom is 0.407 e. The van der Waals surface area contributed by atoms with Gasteiger partial charge in [-0.1, -0.05) is 142 Å². The van der Waals surface area contributed by atoms with Gasteiger partial charge in [-0.05, 0) is 200 Å². The molecule has 2 aliphatic heterocycles. The van der Waals surface area contributed by atoms with Crippen LogP contribution in [0.25, 0.3) is 0 Å². The van der Waals surface area contributed by atoms with E-state index in [2.05, 4.69) is 85.1 Å². The van der Waals surface area contributed by atoms with E-state index in [1.165, 1.54) is 55.2 Å². The number of carbonyl (C=O) groups excluding carboxylic acids is 5. The van der Waals surface area contributed by atoms with Crippen molar-refractivity contribution in [3.8, 4) is 0 Å². The van der Waals surface area contributed by atoms with Crippen LogP contribution in [0.15, 0.2) is 46.6 Å². The summed E-state index contributed by atoms with van der Waals surface area (Å²) >= 11 is 0. The Morgan fingerprint density at radius 1 is 0.567 bits per heavy atom. The molecule has 0 radical (unpaired) electrons. The average Bonchev–Trinajstić information content (AvgIpc) is 1.67. The third kappa shape index (κ3) is 18.7. The minimum Gasteiger partial charge on any atom is -0.446 e. The number of alkyl carbamates (subject to hydrolysis) is 2. The molecule has 16 heteroatoms. The van der Waals surface area contributed by atoms with Crippen molar-refractivity contribution in [1.29, 1.82) is 0 Å². The highest BCUT2D eigenvalue weighted by atomic mass is 16.7. The Bertz CT molecular complexity index is 2730. The zero-order chi connectivity index (χ0) is 70.1. The quantitative estimate of drug-likeness (QED) is 0.0674. The van der Waals surface area contributed by atoms with Crippen molar-refractivity contribution in [3.63, 3.8) is 0 Å². The molecule has 2 spiro atoms. The Hall–Kier alpha value is -3.77. The molecule has 0 aromatic rings. The van der Waals surface area contributed by atoms with Crippen LogP contribution in [0.1, 0.15) is 288 Å². The number of nitrogens with two attached hydrogens (primary N) is 1. The van der Waals surface area contributed by atoms with E-state index in [0.717, 1.165) is 191 Å². The van der Waals surface area contributed by atoms with Gasteiger partial charge in [0.2, 0.25) is 0 Å². The number of carbonyl (C=O) groups is 5. The van der Waals surface area contributed by atoms with Gasteiger partial charge < -0.3 is 55.0 Å². The SMILES string of the molecule is CC1CC=C2C[C@@H](OC(=O)NCCCCCCN)CC[C@]2(C)C1C.CCCCCCCCNC(=O)O[C@H]1CC[C@@]2(C)C(=CCC(C)C2C)C1.C[C@]12CCC(=O)C=C1CCCC21OCCO1.C[C@]12CCC(=O)C=C1CCCC2=O.C[C@]12CCC(O)[C@@H](CCO)[C@@H]1CCCC21OCCO1. The summed E-state index contributed by atoms with van der Waals surface area (Å²) in [7, 11) is 0. The second kappa shape index (κ2) is 35.9. The first-order valence-electron chi connectivity index (χ1n) is 39.2. The Morgan fingerprint density at radius 3 is 1.63 bits per heavy atom. The summed E-state index contributed by atoms with van der Waals surface area (Å²) < 4.78 is 35.3. The molecule has 16 nitrogen and oxygen atoms in total. The molecule has 6 N–H and O–H groups in total. The highest BCUT2D eigenvalue weighted by Gasteiger charge is 2.62. The smallest absolute Gasteiger partial charge is 0.407 e. The molecule has 2 amide bonds. The number of hydrogen-bond acceptors (Lipinski definition) is 14. The number of aliphatic hydroxyl groups excluding tert-OH is 2. The Balaban J connectivity index is 0.000000157. The van der Waals surface area contributed by atoms with Gasteiger partial charge in [0.25, 0.3) is 0 Å². The molecular formula is C81H133N3O13. The third-order valence-corrected chi connectivity index (χ3v) is 27.0. The maximum atomic E-state index is 12.0. The van der Waals surface area contributed by atoms with Crippen molar-refractivity contribution in [2.24, 2.45) is 68.3 Å². The molecule has 14 atom stereocenters. The van der Waals surface area contributed by atoms with Gasteiger partial charge in [-0.15, -0.1) is 0 Å². The molecule has 5 unspecified atom stereocenters. The van der Waals surface area contributed by atoms with Crippen LogP contribution >= 0.6 is 0 Å². The van der Waals surface area contributed by atoms with Gasteiger partial charge in [0.1, 0.15) is 18.0 Å². The topological polar surface area (TPSA) is 231 Å². The molecule has 10 aliphatic carbocycles. The lowest BCUT2D eigenvalue weighted by Gasteiger charge is -2.58. The van der Waals surface area contributed by atoms with E-state index in [0.29, 0.717) is 87.1 Å². The summed E-state index contributed by atoms with van der Waals surface area (Å²) in [6.45, 7) is 28.1. The molecule has 97 heavy (non-hydrogen) atoms. The summed E-state index contributed by atoms with van der Waals surface area (Å²) in [6.07, 6.45) is 42.0. The monoisotopic (exact) mass is 1360 g/mol. The van der Waals surface area contributed by atoms with Crippen molar-refractivity contribution in [2.45, 2.75) is 317 Å². The van der Waals surface area contributed by atoms with Crippen molar-refractivity contribution in [2.75, 3.05) is 52.7 Å². The average molecular weight is 1360 g/mol. The zero-order valence-electron chi connectivity index (χ0n) is 62.2. The second-order valence-electron chi connectivity index (χ2n) is 32.8. The van der Waals surface area contributed by atoms with Gasteiger partial charge in [-0.25, -0.2) is 9.59 Å². The lowest BCUT2D eigenvalue weighted by molar-refractivity contribution is -0.290.